The topological polar surface area (TPSA) is 87.6 Å². The minimum absolute atomic E-state index is 0.103. The van der Waals surface area contributed by atoms with Gasteiger partial charge in [-0.3, -0.25) is 0 Å². The molecular weight excluding hydrogens is 455 g/mol. The van der Waals surface area contributed by atoms with Crippen molar-refractivity contribution >= 4 is 22.5 Å². The van der Waals surface area contributed by atoms with Crippen LogP contribution in [0.2, 0.25) is 5.02 Å². The Balaban J connectivity index is 1.71. The highest BCUT2D eigenvalue weighted by Gasteiger charge is 2.55. The Morgan fingerprint density at radius 3 is 2.61 bits per heavy atom. The minimum atomic E-state index is -4.88. The van der Waals surface area contributed by atoms with Gasteiger partial charge in [0.15, 0.2) is 0 Å². The van der Waals surface area contributed by atoms with Crippen LogP contribution >= 0.6 is 11.6 Å². The minimum Gasteiger partial charge on any atom is -0.375 e. The summed E-state index contributed by atoms with van der Waals surface area (Å²) in [5, 5.41) is 28.1. The van der Waals surface area contributed by atoms with E-state index in [2.05, 4.69) is 15.3 Å². The van der Waals surface area contributed by atoms with Gasteiger partial charge in [-0.1, -0.05) is 48.0 Å². The molecule has 1 atom stereocenters. The van der Waals surface area contributed by atoms with Crippen LogP contribution in [0.3, 0.4) is 0 Å². The third-order valence-electron chi connectivity index (χ3n) is 5.41. The van der Waals surface area contributed by atoms with Gasteiger partial charge in [-0.25, -0.2) is 9.67 Å². The first-order valence-electron chi connectivity index (χ1n) is 9.94. The van der Waals surface area contributed by atoms with Crippen molar-refractivity contribution in [1.82, 2.24) is 20.0 Å². The van der Waals surface area contributed by atoms with E-state index < -0.39 is 23.9 Å². The second kappa shape index (κ2) is 8.46. The van der Waals surface area contributed by atoms with Crippen LogP contribution in [0.4, 0.5) is 13.2 Å². The van der Waals surface area contributed by atoms with E-state index in [0.717, 1.165) is 22.7 Å². The number of alkyl halides is 3. The maximum Gasteiger partial charge on any atom is 0.423 e. The van der Waals surface area contributed by atoms with Crippen molar-refractivity contribution in [2.24, 2.45) is 0 Å². The largest absolute Gasteiger partial charge is 0.423 e. The average molecular weight is 472 g/mol. The molecule has 0 saturated heterocycles. The summed E-state index contributed by atoms with van der Waals surface area (Å²) >= 11 is 6.12. The van der Waals surface area contributed by atoms with Crippen molar-refractivity contribution in [3.05, 3.63) is 76.7 Å². The molecule has 0 aliphatic heterocycles. The molecule has 168 valence electrons. The zero-order chi connectivity index (χ0) is 23.8. The predicted octanol–water partition coefficient (Wildman–Crippen LogP) is 5.23. The normalized spacial score (nSPS) is 13.6. The summed E-state index contributed by atoms with van der Waals surface area (Å²) < 4.78 is 41.1. The molecule has 0 spiro atoms. The predicted molar refractivity (Wildman–Crippen MR) is 116 cm³/mol. The molecule has 2 aromatic carbocycles. The highest BCUT2D eigenvalue weighted by molar-refractivity contribution is 6.30. The van der Waals surface area contributed by atoms with Crippen molar-refractivity contribution in [3.8, 4) is 17.2 Å². The van der Waals surface area contributed by atoms with E-state index in [9.17, 15) is 23.5 Å². The Labute approximate surface area is 191 Å². The summed E-state index contributed by atoms with van der Waals surface area (Å²) in [4.78, 5) is 4.37. The van der Waals surface area contributed by atoms with Gasteiger partial charge in [0, 0.05) is 10.4 Å². The third-order valence-corrected chi connectivity index (χ3v) is 5.65. The van der Waals surface area contributed by atoms with Gasteiger partial charge in [-0.15, -0.1) is 5.10 Å². The monoisotopic (exact) mass is 471 g/mol. The molecule has 0 radical (unpaired) electrons. The number of pyridine rings is 1. The summed E-state index contributed by atoms with van der Waals surface area (Å²) in [6.45, 7) is 1.33. The molecule has 0 saturated carbocycles. The van der Waals surface area contributed by atoms with E-state index in [-0.39, 0.29) is 12.2 Å². The molecule has 0 amide bonds. The van der Waals surface area contributed by atoms with Crippen molar-refractivity contribution in [1.29, 1.82) is 5.26 Å². The first-order chi connectivity index (χ1) is 15.6. The highest BCUT2D eigenvalue weighted by Crippen LogP contribution is 2.40. The van der Waals surface area contributed by atoms with Gasteiger partial charge in [0.2, 0.25) is 5.60 Å². The Bertz CT molecular complexity index is 1380. The van der Waals surface area contributed by atoms with Crippen LogP contribution in [0.15, 0.2) is 54.7 Å². The summed E-state index contributed by atoms with van der Waals surface area (Å²) in [6, 6.07) is 16.3. The molecule has 0 bridgehead atoms. The fourth-order valence-electron chi connectivity index (χ4n) is 3.60. The smallest absolute Gasteiger partial charge is 0.375 e. The van der Waals surface area contributed by atoms with E-state index in [1.54, 1.807) is 30.3 Å². The van der Waals surface area contributed by atoms with E-state index in [1.165, 1.54) is 11.6 Å². The van der Waals surface area contributed by atoms with Gasteiger partial charge in [0.25, 0.3) is 0 Å². The lowest BCUT2D eigenvalue weighted by molar-refractivity contribution is -0.269. The first-order valence-corrected chi connectivity index (χ1v) is 10.3. The number of nitrogens with zero attached hydrogens (tertiary/aromatic N) is 5. The highest BCUT2D eigenvalue weighted by atomic mass is 35.5. The van der Waals surface area contributed by atoms with Crippen LogP contribution in [0.5, 0.6) is 0 Å². The summed E-state index contributed by atoms with van der Waals surface area (Å²) in [7, 11) is 0. The zero-order valence-electron chi connectivity index (χ0n) is 17.3. The Kier molecular flexibility index (Phi) is 5.82. The number of hydrogen-bond acceptors (Lipinski definition) is 5. The second-order valence-electron chi connectivity index (χ2n) is 7.54. The van der Waals surface area contributed by atoms with Gasteiger partial charge >= 0.3 is 6.18 Å². The van der Waals surface area contributed by atoms with E-state index in [1.807, 2.05) is 24.3 Å². The number of rotatable bonds is 5. The quantitative estimate of drug-likeness (QED) is 0.431. The summed E-state index contributed by atoms with van der Waals surface area (Å²) in [6.07, 6.45) is -4.38. The fourth-order valence-corrected chi connectivity index (χ4v) is 3.79. The lowest BCUT2D eigenvalue weighted by Gasteiger charge is -2.26. The molecule has 6 nitrogen and oxygen atoms in total. The van der Waals surface area contributed by atoms with E-state index in [4.69, 9.17) is 11.6 Å². The lowest BCUT2D eigenvalue weighted by atomic mass is 9.96. The zero-order valence-corrected chi connectivity index (χ0v) is 18.1. The number of halogens is 4. The first kappa shape index (κ1) is 22.7. The Hall–Kier alpha value is -3.48. The Morgan fingerprint density at radius 1 is 1.15 bits per heavy atom. The molecule has 0 fully saturated rings. The van der Waals surface area contributed by atoms with Gasteiger partial charge in [-0.05, 0) is 47.4 Å². The standard InChI is InChI=1S/C23H17ClF3N5O/c1-2-22(33,23(25,26)27)21-13-32(31-30-21)12-14-6-7-18-19(15-4-3-5-16(24)9-15)10-17(11-28)29-20(18)8-14/h3-10,13,33H,2,12H2,1H3. The molecule has 2 heterocycles. The van der Waals surface area contributed by atoms with Crippen LogP contribution < -0.4 is 0 Å². The molecule has 0 aliphatic rings. The molecule has 1 unspecified atom stereocenters. The van der Waals surface area contributed by atoms with Gasteiger partial charge < -0.3 is 5.11 Å². The molecule has 4 aromatic rings. The van der Waals surface area contributed by atoms with Crippen LogP contribution in [-0.4, -0.2) is 31.3 Å². The molecule has 4 rings (SSSR count). The number of aliphatic hydroxyl groups is 1. The van der Waals surface area contributed by atoms with Crippen LogP contribution in [0, 0.1) is 11.3 Å². The average Bonchev–Trinajstić information content (AvgIpc) is 3.25. The maximum atomic E-state index is 13.3. The number of hydrogen-bond donors (Lipinski definition) is 1. The van der Waals surface area contributed by atoms with Crippen LogP contribution in [0.25, 0.3) is 22.0 Å². The van der Waals surface area contributed by atoms with Crippen LogP contribution in [0.1, 0.15) is 30.3 Å². The van der Waals surface area contributed by atoms with Crippen molar-refractivity contribution < 1.29 is 18.3 Å². The van der Waals surface area contributed by atoms with E-state index in [0.29, 0.717) is 16.1 Å². The van der Waals surface area contributed by atoms with Crippen LogP contribution in [-0.2, 0) is 12.1 Å². The number of aromatic nitrogens is 4. The molecule has 10 heteroatoms. The van der Waals surface area contributed by atoms with Gasteiger partial charge in [0.05, 0.1) is 18.3 Å². The second-order valence-corrected chi connectivity index (χ2v) is 7.98. The van der Waals surface area contributed by atoms with Crippen molar-refractivity contribution in [3.63, 3.8) is 0 Å². The fraction of sp³-hybridized carbons (Fsp3) is 0.217. The molecule has 1 N–H and O–H groups in total. The summed E-state index contributed by atoms with van der Waals surface area (Å²) in [5.41, 5.74) is -0.572. The molecular formula is C23H17ClF3N5O. The number of nitriles is 1. The number of benzene rings is 2. The van der Waals surface area contributed by atoms with Crippen molar-refractivity contribution in [2.45, 2.75) is 31.7 Å². The molecule has 0 aliphatic carbocycles. The number of fused-ring (bicyclic) bond motifs is 1. The Morgan fingerprint density at radius 2 is 1.94 bits per heavy atom. The van der Waals surface area contributed by atoms with Crippen molar-refractivity contribution in [2.75, 3.05) is 0 Å². The lowest BCUT2D eigenvalue weighted by Crippen LogP contribution is -2.42. The molecule has 33 heavy (non-hydrogen) atoms. The van der Waals surface area contributed by atoms with Gasteiger partial charge in [-0.2, -0.15) is 18.4 Å². The summed E-state index contributed by atoms with van der Waals surface area (Å²) in [5.74, 6) is 0. The third kappa shape index (κ3) is 4.27. The van der Waals surface area contributed by atoms with Gasteiger partial charge in [0.1, 0.15) is 17.5 Å². The SMILES string of the molecule is CCC(O)(c1cn(Cc2ccc3c(-c4cccc(Cl)c4)cc(C#N)nc3c2)nn1)C(F)(F)F. The molecule has 2 aromatic heterocycles. The maximum absolute atomic E-state index is 13.3. The van der Waals surface area contributed by atoms with E-state index >= 15 is 0 Å².